The molecule has 6 nitrogen and oxygen atoms in total. The number of nitrogens with zero attached hydrogens (tertiary/aromatic N) is 2. The minimum atomic E-state index is -0.655. The smallest absolute Gasteiger partial charge is 0.410 e. The lowest BCUT2D eigenvalue weighted by atomic mass is 9.80. The largest absolute Gasteiger partial charge is 0.446 e. The molecule has 5 aliphatic rings. The zero-order valence-corrected chi connectivity index (χ0v) is 19.9. The first-order chi connectivity index (χ1) is 15.3. The number of likely N-dealkylation sites (tertiary alicyclic amines) is 2. The lowest BCUT2D eigenvalue weighted by Crippen LogP contribution is -2.51. The first-order valence-corrected chi connectivity index (χ1v) is 12.6. The molecule has 1 amide bonds. The summed E-state index contributed by atoms with van der Waals surface area (Å²) >= 11 is 0. The van der Waals surface area contributed by atoms with Crippen LogP contribution in [0.3, 0.4) is 0 Å². The van der Waals surface area contributed by atoms with Gasteiger partial charge in [-0.3, -0.25) is 0 Å². The van der Waals surface area contributed by atoms with Gasteiger partial charge in [0, 0.05) is 26.2 Å². The Morgan fingerprint density at radius 3 is 2.56 bits per heavy atom. The number of halogens is 1. The number of epoxide rings is 2. The molecule has 4 heterocycles. The molecule has 0 N–H and O–H groups in total. The molecule has 1 saturated carbocycles. The fourth-order valence-corrected chi connectivity index (χ4v) is 6.02. The highest BCUT2D eigenvalue weighted by Gasteiger charge is 2.73. The van der Waals surface area contributed by atoms with Gasteiger partial charge in [-0.1, -0.05) is 11.6 Å². The third-order valence-electron chi connectivity index (χ3n) is 8.34. The molecule has 7 heteroatoms. The van der Waals surface area contributed by atoms with Gasteiger partial charge in [0.25, 0.3) is 0 Å². The van der Waals surface area contributed by atoms with E-state index in [1.54, 1.807) is 0 Å². The molecular formula is C25H39FN2O4. The van der Waals surface area contributed by atoms with E-state index in [0.29, 0.717) is 18.9 Å². The van der Waals surface area contributed by atoms with Crippen molar-refractivity contribution < 1.29 is 23.4 Å². The third-order valence-corrected chi connectivity index (χ3v) is 8.34. The van der Waals surface area contributed by atoms with Crippen LogP contribution in [-0.4, -0.2) is 84.3 Å². The molecule has 32 heavy (non-hydrogen) atoms. The van der Waals surface area contributed by atoms with Crippen LogP contribution in [0.15, 0.2) is 11.6 Å². The maximum absolute atomic E-state index is 13.3. The van der Waals surface area contributed by atoms with Crippen molar-refractivity contribution in [2.24, 2.45) is 5.92 Å². The summed E-state index contributed by atoms with van der Waals surface area (Å²) in [4.78, 5) is 16.5. The zero-order chi connectivity index (χ0) is 22.5. The van der Waals surface area contributed by atoms with E-state index < -0.39 is 6.17 Å². The Morgan fingerprint density at radius 2 is 1.91 bits per heavy atom. The number of carbonyl (C=O) groups excluding carboxylic acids is 1. The molecule has 1 aliphatic carbocycles. The van der Waals surface area contributed by atoms with Crippen LogP contribution in [-0.2, 0) is 14.2 Å². The van der Waals surface area contributed by atoms with Crippen molar-refractivity contribution in [3.05, 3.63) is 11.6 Å². The van der Waals surface area contributed by atoms with Crippen LogP contribution < -0.4 is 0 Å². The minimum Gasteiger partial charge on any atom is -0.446 e. The van der Waals surface area contributed by atoms with Gasteiger partial charge in [-0.15, -0.1) is 0 Å². The number of alkyl halides is 1. The number of amides is 1. The molecule has 0 aromatic heterocycles. The van der Waals surface area contributed by atoms with Crippen molar-refractivity contribution in [1.82, 2.24) is 9.80 Å². The van der Waals surface area contributed by atoms with Gasteiger partial charge in [0.2, 0.25) is 0 Å². The Hall–Kier alpha value is -1.18. The number of rotatable bonds is 7. The van der Waals surface area contributed by atoms with E-state index in [1.807, 2.05) is 4.90 Å². The number of carbonyl (C=O) groups is 1. The quantitative estimate of drug-likeness (QED) is 0.432. The van der Waals surface area contributed by atoms with Crippen LogP contribution in [0.5, 0.6) is 0 Å². The second-order valence-electron chi connectivity index (χ2n) is 11.2. The summed E-state index contributed by atoms with van der Waals surface area (Å²) in [7, 11) is 0. The summed E-state index contributed by atoms with van der Waals surface area (Å²) in [6.45, 7) is 10.4. The zero-order valence-electron chi connectivity index (χ0n) is 19.9. The molecule has 2 unspecified atom stereocenters. The highest BCUT2D eigenvalue weighted by atomic mass is 19.1. The van der Waals surface area contributed by atoms with Crippen molar-refractivity contribution in [2.75, 3.05) is 32.7 Å². The Labute approximate surface area is 191 Å². The predicted octanol–water partition coefficient (Wildman–Crippen LogP) is 4.08. The van der Waals surface area contributed by atoms with Gasteiger partial charge < -0.3 is 24.0 Å². The van der Waals surface area contributed by atoms with Crippen molar-refractivity contribution in [1.29, 1.82) is 0 Å². The molecule has 4 atom stereocenters. The molecule has 5 rings (SSSR count). The van der Waals surface area contributed by atoms with Gasteiger partial charge >= 0.3 is 6.09 Å². The molecule has 5 fully saturated rings. The van der Waals surface area contributed by atoms with Crippen LogP contribution in [0.2, 0.25) is 0 Å². The Kier molecular flexibility index (Phi) is 6.04. The maximum Gasteiger partial charge on any atom is 0.410 e. The lowest BCUT2D eigenvalue weighted by Gasteiger charge is -2.40. The van der Waals surface area contributed by atoms with Crippen LogP contribution >= 0.6 is 0 Å². The van der Waals surface area contributed by atoms with Crippen LogP contribution in [0, 0.1) is 5.92 Å². The van der Waals surface area contributed by atoms with Crippen molar-refractivity contribution in [2.45, 2.75) is 101 Å². The third kappa shape index (κ3) is 4.58. The average molecular weight is 451 g/mol. The number of allylic oxidation sites excluding steroid dienone is 1. The van der Waals surface area contributed by atoms with E-state index in [-0.39, 0.29) is 35.6 Å². The van der Waals surface area contributed by atoms with Gasteiger partial charge in [-0.25, -0.2) is 9.18 Å². The van der Waals surface area contributed by atoms with E-state index in [0.717, 1.165) is 64.7 Å². The fraction of sp³-hybridized carbons (Fsp3) is 0.880. The van der Waals surface area contributed by atoms with E-state index in [1.165, 1.54) is 5.57 Å². The van der Waals surface area contributed by atoms with Crippen molar-refractivity contribution in [3.63, 3.8) is 0 Å². The predicted molar refractivity (Wildman–Crippen MR) is 119 cm³/mol. The van der Waals surface area contributed by atoms with E-state index in [4.69, 9.17) is 14.2 Å². The van der Waals surface area contributed by atoms with Crippen molar-refractivity contribution >= 4 is 6.09 Å². The number of hydrogen-bond donors (Lipinski definition) is 0. The molecule has 0 aromatic carbocycles. The van der Waals surface area contributed by atoms with Crippen LogP contribution in [0.1, 0.15) is 65.7 Å². The topological polar surface area (TPSA) is 57.8 Å². The molecular weight excluding hydrogens is 411 g/mol. The van der Waals surface area contributed by atoms with E-state index in [2.05, 4.69) is 31.7 Å². The molecule has 180 valence electrons. The van der Waals surface area contributed by atoms with Gasteiger partial charge in [0.05, 0.1) is 11.7 Å². The highest BCUT2D eigenvalue weighted by molar-refractivity contribution is 5.68. The molecule has 0 aromatic rings. The molecule has 0 bridgehead atoms. The van der Waals surface area contributed by atoms with E-state index in [9.17, 15) is 9.18 Å². The SMILES string of the molecule is CC(C)=CC[C@H]1O[C@@]1(C)C1OC12CCC(OC(=O)N1CC(CCN3CCC(F)C3)C1)CC2. The summed E-state index contributed by atoms with van der Waals surface area (Å²) in [6, 6.07) is 0. The van der Waals surface area contributed by atoms with E-state index >= 15 is 0 Å². The molecule has 4 saturated heterocycles. The second kappa shape index (κ2) is 8.55. The molecule has 1 spiro atoms. The molecule has 4 aliphatic heterocycles. The van der Waals surface area contributed by atoms with Gasteiger partial charge in [0.1, 0.15) is 24.0 Å². The number of hydrogen-bond acceptors (Lipinski definition) is 5. The molecule has 0 radical (unpaired) electrons. The first kappa shape index (κ1) is 22.6. The van der Waals surface area contributed by atoms with Crippen molar-refractivity contribution in [3.8, 4) is 0 Å². The standard InChI is InChI=1S/C25H39FN2O4/c1-17(2)4-5-21-24(3,31-21)22-25(32-22)10-6-20(7-11-25)30-23(29)28-14-18(15-28)8-12-27-13-9-19(26)16-27/h4,18-22H,5-16H2,1-3H3/t19?,20?,21-,22?,24-,25?/m1/s1. The lowest BCUT2D eigenvalue weighted by molar-refractivity contribution is 0.00521. The summed E-state index contributed by atoms with van der Waals surface area (Å²) in [6.07, 6.45) is 8.15. The first-order valence-electron chi connectivity index (χ1n) is 12.6. The summed E-state index contributed by atoms with van der Waals surface area (Å²) < 4.78 is 31.3. The van der Waals surface area contributed by atoms with Gasteiger partial charge in [0.15, 0.2) is 0 Å². The minimum absolute atomic E-state index is 0.00230. The highest BCUT2D eigenvalue weighted by Crippen LogP contribution is 2.60. The van der Waals surface area contributed by atoms with Gasteiger partial charge in [-0.2, -0.15) is 0 Å². The Bertz CT molecular complexity index is 742. The van der Waals surface area contributed by atoms with Crippen LogP contribution in [0.25, 0.3) is 0 Å². The normalized spacial score (nSPS) is 41.4. The Balaban J connectivity index is 0.985. The van der Waals surface area contributed by atoms with Crippen LogP contribution in [0.4, 0.5) is 9.18 Å². The second-order valence-corrected chi connectivity index (χ2v) is 11.2. The summed E-state index contributed by atoms with van der Waals surface area (Å²) in [5.41, 5.74) is 1.11. The maximum atomic E-state index is 13.3. The average Bonchev–Trinajstić information content (AvgIpc) is 3.55. The number of ether oxygens (including phenoxy) is 3. The fourth-order valence-electron chi connectivity index (χ4n) is 6.02. The monoisotopic (exact) mass is 450 g/mol. The summed E-state index contributed by atoms with van der Waals surface area (Å²) in [5, 5.41) is 0. The summed E-state index contributed by atoms with van der Waals surface area (Å²) in [5.74, 6) is 0.523. The van der Waals surface area contributed by atoms with Gasteiger partial charge in [-0.05, 0) is 78.2 Å². The Morgan fingerprint density at radius 1 is 1.16 bits per heavy atom.